The molecule has 4 nitrogen and oxygen atoms in total. The molecule has 0 bridgehead atoms. The van der Waals surface area contributed by atoms with Gasteiger partial charge >= 0.3 is 0 Å². The Kier molecular flexibility index (Phi) is 5.90. The van der Waals surface area contributed by atoms with Crippen LogP contribution in [0.15, 0.2) is 90.7 Å². The molecule has 0 saturated heterocycles. The van der Waals surface area contributed by atoms with E-state index in [-0.39, 0.29) is 12.2 Å². The summed E-state index contributed by atoms with van der Waals surface area (Å²) in [6.45, 7) is 3.68. The Labute approximate surface area is 165 Å². The minimum Gasteiger partial charge on any atom is -0.453 e. The predicted octanol–water partition coefficient (Wildman–Crippen LogP) is 5.28. The van der Waals surface area contributed by atoms with Gasteiger partial charge in [-0.2, -0.15) is 0 Å². The lowest BCUT2D eigenvalue weighted by molar-refractivity contribution is -0.149. The molecule has 1 aliphatic heterocycles. The standard InChI is InChI=1S/C24H23NO3/c1-24(2)27-21(17-23(28-24)19-12-7-4-8-13-19)15-9-14-20(26)16-22(25)18-10-5-3-6-11-18/h3-15,17,25H,16H2,1-2H3/b14-9+,21-15-,25-22?. The lowest BCUT2D eigenvalue weighted by atomic mass is 10.1. The molecule has 0 aliphatic carbocycles. The van der Waals surface area contributed by atoms with E-state index in [9.17, 15) is 4.79 Å². The second-order valence-corrected chi connectivity index (χ2v) is 6.89. The summed E-state index contributed by atoms with van der Waals surface area (Å²) in [5, 5.41) is 8.04. The van der Waals surface area contributed by atoms with Crippen LogP contribution >= 0.6 is 0 Å². The summed E-state index contributed by atoms with van der Waals surface area (Å²) in [6.07, 6.45) is 6.71. The molecule has 0 unspecified atom stereocenters. The maximum absolute atomic E-state index is 12.1. The molecule has 2 aromatic rings. The summed E-state index contributed by atoms with van der Waals surface area (Å²) in [4.78, 5) is 12.1. The number of allylic oxidation sites excluding steroid dienone is 4. The van der Waals surface area contributed by atoms with Crippen molar-refractivity contribution < 1.29 is 14.3 Å². The van der Waals surface area contributed by atoms with Crippen LogP contribution in [0.1, 0.15) is 31.4 Å². The molecule has 1 heterocycles. The van der Waals surface area contributed by atoms with Gasteiger partial charge in [-0.15, -0.1) is 0 Å². The fraction of sp³-hybridized carbons (Fsp3) is 0.167. The number of carbonyl (C=O) groups is 1. The molecule has 2 aromatic carbocycles. The third-order valence-electron chi connectivity index (χ3n) is 4.07. The second-order valence-electron chi connectivity index (χ2n) is 6.89. The number of benzene rings is 2. The van der Waals surface area contributed by atoms with E-state index < -0.39 is 5.79 Å². The van der Waals surface area contributed by atoms with E-state index >= 15 is 0 Å². The Hall–Kier alpha value is -3.40. The normalized spacial score (nSPS) is 16.9. The molecule has 0 amide bonds. The third-order valence-corrected chi connectivity index (χ3v) is 4.07. The summed E-state index contributed by atoms with van der Waals surface area (Å²) in [5.41, 5.74) is 2.02. The van der Waals surface area contributed by atoms with E-state index in [2.05, 4.69) is 0 Å². The van der Waals surface area contributed by atoms with Crippen molar-refractivity contribution in [2.45, 2.75) is 26.1 Å². The van der Waals surface area contributed by atoms with Crippen LogP contribution in [0.5, 0.6) is 0 Å². The summed E-state index contributed by atoms with van der Waals surface area (Å²) >= 11 is 0. The van der Waals surface area contributed by atoms with Crippen molar-refractivity contribution in [1.82, 2.24) is 0 Å². The van der Waals surface area contributed by atoms with E-state index in [1.165, 1.54) is 6.08 Å². The van der Waals surface area contributed by atoms with Gasteiger partial charge in [0.05, 0.1) is 6.42 Å². The number of hydrogen-bond donors (Lipinski definition) is 1. The van der Waals surface area contributed by atoms with Crippen LogP contribution in [0.25, 0.3) is 5.76 Å². The number of ketones is 1. The predicted molar refractivity (Wildman–Crippen MR) is 111 cm³/mol. The number of carbonyl (C=O) groups excluding carboxylic acids is 1. The Morgan fingerprint density at radius 3 is 2.32 bits per heavy atom. The van der Waals surface area contributed by atoms with E-state index in [1.807, 2.05) is 74.5 Å². The maximum atomic E-state index is 12.1. The first-order valence-electron chi connectivity index (χ1n) is 9.12. The van der Waals surface area contributed by atoms with Crippen molar-refractivity contribution in [3.8, 4) is 0 Å². The average Bonchev–Trinajstić information content (AvgIpc) is 2.68. The zero-order valence-corrected chi connectivity index (χ0v) is 16.0. The van der Waals surface area contributed by atoms with E-state index in [4.69, 9.17) is 14.9 Å². The molecule has 28 heavy (non-hydrogen) atoms. The SMILES string of the molecule is CC1(C)OC(c2ccccc2)=C/C(=C/C=C/C(=O)CC(=N)c2ccccc2)O1. The molecule has 4 heteroatoms. The quantitative estimate of drug-likeness (QED) is 0.554. The fourth-order valence-electron chi connectivity index (χ4n) is 2.81. The van der Waals surface area contributed by atoms with Gasteiger partial charge in [0.1, 0.15) is 11.5 Å². The van der Waals surface area contributed by atoms with Crippen molar-refractivity contribution >= 4 is 17.3 Å². The third kappa shape index (κ3) is 5.30. The monoisotopic (exact) mass is 373 g/mol. The Bertz CT molecular complexity index is 938. The Morgan fingerprint density at radius 1 is 1.00 bits per heavy atom. The van der Waals surface area contributed by atoms with Crippen LogP contribution < -0.4 is 0 Å². The second kappa shape index (κ2) is 8.53. The molecule has 1 N–H and O–H groups in total. The van der Waals surface area contributed by atoms with Crippen molar-refractivity contribution in [2.24, 2.45) is 0 Å². The van der Waals surface area contributed by atoms with E-state index in [1.54, 1.807) is 18.2 Å². The van der Waals surface area contributed by atoms with Gasteiger partial charge in [-0.1, -0.05) is 66.7 Å². The first kappa shape index (κ1) is 19.4. The van der Waals surface area contributed by atoms with Gasteiger partial charge < -0.3 is 14.9 Å². The smallest absolute Gasteiger partial charge is 0.245 e. The maximum Gasteiger partial charge on any atom is 0.245 e. The molecular formula is C24H23NO3. The lowest BCUT2D eigenvalue weighted by Crippen LogP contribution is -2.30. The van der Waals surface area contributed by atoms with Crippen LogP contribution in [-0.2, 0) is 14.3 Å². The van der Waals surface area contributed by atoms with Crippen LogP contribution in [-0.4, -0.2) is 17.3 Å². The van der Waals surface area contributed by atoms with Crippen molar-refractivity contribution in [3.05, 3.63) is 102 Å². The molecule has 3 rings (SSSR count). The first-order valence-corrected chi connectivity index (χ1v) is 9.12. The van der Waals surface area contributed by atoms with E-state index in [0.29, 0.717) is 17.2 Å². The summed E-state index contributed by atoms with van der Waals surface area (Å²) < 4.78 is 11.7. The van der Waals surface area contributed by atoms with Crippen LogP contribution in [0, 0.1) is 5.41 Å². The minimum atomic E-state index is -0.807. The van der Waals surface area contributed by atoms with Gasteiger partial charge in [0.2, 0.25) is 5.79 Å². The molecule has 0 spiro atoms. The van der Waals surface area contributed by atoms with Crippen LogP contribution in [0.4, 0.5) is 0 Å². The van der Waals surface area contributed by atoms with E-state index in [0.717, 1.165) is 11.1 Å². The first-order chi connectivity index (χ1) is 13.4. The molecule has 0 saturated carbocycles. The summed E-state index contributed by atoms with van der Waals surface area (Å²) in [5.74, 6) is 0.384. The lowest BCUT2D eigenvalue weighted by Gasteiger charge is -2.33. The van der Waals surface area contributed by atoms with Gasteiger partial charge in [0.15, 0.2) is 5.78 Å². The van der Waals surface area contributed by atoms with Crippen molar-refractivity contribution in [1.29, 1.82) is 5.41 Å². The molecule has 1 aliphatic rings. The molecule has 142 valence electrons. The van der Waals surface area contributed by atoms with Gasteiger partial charge in [-0.25, -0.2) is 0 Å². The number of nitrogens with one attached hydrogen (secondary N) is 1. The van der Waals surface area contributed by atoms with Gasteiger partial charge in [0.25, 0.3) is 0 Å². The highest BCUT2D eigenvalue weighted by Gasteiger charge is 2.28. The van der Waals surface area contributed by atoms with Crippen LogP contribution in [0.2, 0.25) is 0 Å². The van der Waals surface area contributed by atoms with Crippen LogP contribution in [0.3, 0.4) is 0 Å². The molecule has 0 aromatic heterocycles. The van der Waals surface area contributed by atoms with Gasteiger partial charge in [0, 0.05) is 31.2 Å². The highest BCUT2D eigenvalue weighted by atomic mass is 16.7. The number of ether oxygens (including phenoxy) is 2. The molecule has 0 radical (unpaired) electrons. The molecule has 0 atom stereocenters. The van der Waals surface area contributed by atoms with Gasteiger partial charge in [-0.3, -0.25) is 4.79 Å². The number of rotatable bonds is 6. The number of hydrogen-bond acceptors (Lipinski definition) is 4. The average molecular weight is 373 g/mol. The topological polar surface area (TPSA) is 59.4 Å². The van der Waals surface area contributed by atoms with Gasteiger partial charge in [-0.05, 0) is 17.7 Å². The zero-order valence-electron chi connectivity index (χ0n) is 16.0. The van der Waals surface area contributed by atoms with Crippen molar-refractivity contribution in [3.63, 3.8) is 0 Å². The highest BCUT2D eigenvalue weighted by molar-refractivity contribution is 6.12. The molecular weight excluding hydrogens is 350 g/mol. The Balaban J connectivity index is 1.69. The summed E-state index contributed by atoms with van der Waals surface area (Å²) in [6, 6.07) is 19.1. The highest BCUT2D eigenvalue weighted by Crippen LogP contribution is 2.32. The molecule has 0 fully saturated rings. The zero-order chi connectivity index (χ0) is 20.0. The minimum absolute atomic E-state index is 0.0598. The fourth-order valence-corrected chi connectivity index (χ4v) is 2.81. The van der Waals surface area contributed by atoms with Crippen molar-refractivity contribution in [2.75, 3.05) is 0 Å². The summed E-state index contributed by atoms with van der Waals surface area (Å²) in [7, 11) is 0. The largest absolute Gasteiger partial charge is 0.453 e. The Morgan fingerprint density at radius 2 is 1.64 bits per heavy atom.